The lowest BCUT2D eigenvalue weighted by atomic mass is 10.0. The maximum Gasteiger partial charge on any atom is 0.255 e. The highest BCUT2D eigenvalue weighted by atomic mass is 16.5. The number of carbonyl (C=O) groups excluding carboxylic acids is 3. The third kappa shape index (κ3) is 6.45. The number of carbonyl (C=O) groups is 3. The average molecular weight is 460 g/mol. The summed E-state index contributed by atoms with van der Waals surface area (Å²) in [7, 11) is 0. The SMILES string of the molecule is CCOc1ccc(C(=O)NC(C(=O)Nc2ccccc2NC(=O)c2ccccc2)C(C)C)cc1. The van der Waals surface area contributed by atoms with Crippen LogP contribution in [0.2, 0.25) is 0 Å². The molecular weight excluding hydrogens is 430 g/mol. The molecule has 1 atom stereocenters. The molecule has 3 rings (SSSR count). The Labute approximate surface area is 199 Å². The number of amides is 3. The summed E-state index contributed by atoms with van der Waals surface area (Å²) in [4.78, 5) is 38.4. The zero-order chi connectivity index (χ0) is 24.5. The molecule has 3 amide bonds. The number of nitrogens with one attached hydrogen (secondary N) is 3. The molecule has 0 saturated heterocycles. The van der Waals surface area contributed by atoms with E-state index in [4.69, 9.17) is 4.74 Å². The summed E-state index contributed by atoms with van der Waals surface area (Å²) >= 11 is 0. The predicted octanol–water partition coefficient (Wildman–Crippen LogP) is 4.73. The zero-order valence-corrected chi connectivity index (χ0v) is 19.5. The summed E-state index contributed by atoms with van der Waals surface area (Å²) in [5.41, 5.74) is 1.84. The van der Waals surface area contributed by atoms with Crippen LogP contribution < -0.4 is 20.7 Å². The number of benzene rings is 3. The van der Waals surface area contributed by atoms with Crippen LogP contribution in [0.15, 0.2) is 78.9 Å². The number of rotatable bonds is 9. The fourth-order valence-corrected chi connectivity index (χ4v) is 3.32. The summed E-state index contributed by atoms with van der Waals surface area (Å²) in [5, 5.41) is 8.48. The van der Waals surface area contributed by atoms with Crippen LogP contribution in [0.3, 0.4) is 0 Å². The van der Waals surface area contributed by atoms with Crippen LogP contribution in [0.5, 0.6) is 5.75 Å². The minimum Gasteiger partial charge on any atom is -0.494 e. The van der Waals surface area contributed by atoms with Gasteiger partial charge in [-0.05, 0) is 61.4 Å². The number of para-hydroxylation sites is 2. The predicted molar refractivity (Wildman–Crippen MR) is 133 cm³/mol. The van der Waals surface area contributed by atoms with Crippen molar-refractivity contribution in [2.24, 2.45) is 5.92 Å². The third-order valence-corrected chi connectivity index (χ3v) is 5.13. The fraction of sp³-hybridized carbons (Fsp3) is 0.222. The molecule has 0 aliphatic carbocycles. The van der Waals surface area contributed by atoms with E-state index in [-0.39, 0.29) is 23.6 Å². The van der Waals surface area contributed by atoms with Crippen molar-refractivity contribution < 1.29 is 19.1 Å². The Morgan fingerprint density at radius 3 is 1.88 bits per heavy atom. The van der Waals surface area contributed by atoms with E-state index < -0.39 is 6.04 Å². The number of ether oxygens (including phenoxy) is 1. The quantitative estimate of drug-likeness (QED) is 0.431. The molecule has 0 aromatic heterocycles. The van der Waals surface area contributed by atoms with Crippen molar-refractivity contribution in [1.82, 2.24) is 5.32 Å². The van der Waals surface area contributed by atoms with E-state index in [1.807, 2.05) is 26.8 Å². The van der Waals surface area contributed by atoms with Crippen molar-refractivity contribution in [2.45, 2.75) is 26.8 Å². The third-order valence-electron chi connectivity index (χ3n) is 5.13. The molecule has 0 aliphatic heterocycles. The summed E-state index contributed by atoms with van der Waals surface area (Å²) in [6, 6.07) is 21.7. The van der Waals surface area contributed by atoms with Crippen LogP contribution in [0.25, 0.3) is 0 Å². The number of hydrogen-bond acceptors (Lipinski definition) is 4. The van der Waals surface area contributed by atoms with Gasteiger partial charge in [0.05, 0.1) is 18.0 Å². The largest absolute Gasteiger partial charge is 0.494 e. The monoisotopic (exact) mass is 459 g/mol. The van der Waals surface area contributed by atoms with E-state index in [2.05, 4.69) is 16.0 Å². The highest BCUT2D eigenvalue weighted by Gasteiger charge is 2.25. The lowest BCUT2D eigenvalue weighted by Crippen LogP contribution is -2.47. The van der Waals surface area contributed by atoms with Gasteiger partial charge in [-0.25, -0.2) is 0 Å². The van der Waals surface area contributed by atoms with Gasteiger partial charge in [0, 0.05) is 11.1 Å². The molecule has 1 unspecified atom stereocenters. The van der Waals surface area contributed by atoms with Crippen molar-refractivity contribution in [3.63, 3.8) is 0 Å². The molecule has 0 heterocycles. The first-order valence-corrected chi connectivity index (χ1v) is 11.2. The van der Waals surface area contributed by atoms with Crippen molar-refractivity contribution >= 4 is 29.1 Å². The van der Waals surface area contributed by atoms with Crippen LogP contribution in [-0.4, -0.2) is 30.4 Å². The number of hydrogen-bond donors (Lipinski definition) is 3. The fourth-order valence-electron chi connectivity index (χ4n) is 3.32. The van der Waals surface area contributed by atoms with Gasteiger partial charge < -0.3 is 20.7 Å². The summed E-state index contributed by atoms with van der Waals surface area (Å²) in [5.74, 6) is -0.520. The van der Waals surface area contributed by atoms with Crippen LogP contribution in [-0.2, 0) is 4.79 Å². The molecule has 7 nitrogen and oxygen atoms in total. The average Bonchev–Trinajstić information content (AvgIpc) is 2.84. The second-order valence-corrected chi connectivity index (χ2v) is 8.01. The molecule has 0 bridgehead atoms. The molecule has 0 saturated carbocycles. The molecule has 3 aromatic carbocycles. The van der Waals surface area contributed by atoms with Gasteiger partial charge in [-0.15, -0.1) is 0 Å². The Morgan fingerprint density at radius 1 is 0.735 bits per heavy atom. The smallest absolute Gasteiger partial charge is 0.255 e. The van der Waals surface area contributed by atoms with Crippen molar-refractivity contribution in [3.8, 4) is 5.75 Å². The molecular formula is C27H29N3O4. The van der Waals surface area contributed by atoms with Gasteiger partial charge in [0.25, 0.3) is 11.8 Å². The van der Waals surface area contributed by atoms with Gasteiger partial charge in [-0.2, -0.15) is 0 Å². The topological polar surface area (TPSA) is 96.5 Å². The van der Waals surface area contributed by atoms with Crippen molar-refractivity contribution in [1.29, 1.82) is 0 Å². The highest BCUT2D eigenvalue weighted by molar-refractivity contribution is 6.08. The van der Waals surface area contributed by atoms with Gasteiger partial charge >= 0.3 is 0 Å². The highest BCUT2D eigenvalue weighted by Crippen LogP contribution is 2.23. The van der Waals surface area contributed by atoms with Crippen LogP contribution >= 0.6 is 0 Å². The van der Waals surface area contributed by atoms with Gasteiger partial charge in [-0.1, -0.05) is 44.2 Å². The second-order valence-electron chi connectivity index (χ2n) is 8.01. The Hall–Kier alpha value is -4.13. The molecule has 7 heteroatoms. The van der Waals surface area contributed by atoms with Crippen LogP contribution in [0, 0.1) is 5.92 Å². The maximum absolute atomic E-state index is 13.1. The van der Waals surface area contributed by atoms with Crippen molar-refractivity contribution in [3.05, 3.63) is 90.0 Å². The first-order valence-electron chi connectivity index (χ1n) is 11.2. The van der Waals surface area contributed by atoms with Gasteiger partial charge in [0.15, 0.2) is 0 Å². The Morgan fingerprint density at radius 2 is 1.29 bits per heavy atom. The Balaban J connectivity index is 1.71. The van der Waals surface area contributed by atoms with E-state index in [9.17, 15) is 14.4 Å². The van der Waals surface area contributed by atoms with E-state index >= 15 is 0 Å². The molecule has 0 aliphatic rings. The molecule has 0 fully saturated rings. The molecule has 0 spiro atoms. The lowest BCUT2D eigenvalue weighted by molar-refractivity contribution is -0.118. The maximum atomic E-state index is 13.1. The van der Waals surface area contributed by atoms with Gasteiger partial charge in [-0.3, -0.25) is 14.4 Å². The second kappa shape index (κ2) is 11.7. The summed E-state index contributed by atoms with van der Waals surface area (Å²) < 4.78 is 5.41. The molecule has 3 N–H and O–H groups in total. The van der Waals surface area contributed by atoms with Gasteiger partial charge in [0.1, 0.15) is 11.8 Å². The zero-order valence-electron chi connectivity index (χ0n) is 19.5. The van der Waals surface area contributed by atoms with E-state index in [1.54, 1.807) is 72.8 Å². The summed E-state index contributed by atoms with van der Waals surface area (Å²) in [6.45, 7) is 6.13. The van der Waals surface area contributed by atoms with E-state index in [0.29, 0.717) is 34.9 Å². The van der Waals surface area contributed by atoms with Crippen LogP contribution in [0.1, 0.15) is 41.5 Å². The lowest BCUT2D eigenvalue weighted by Gasteiger charge is -2.22. The minimum absolute atomic E-state index is 0.169. The molecule has 34 heavy (non-hydrogen) atoms. The first kappa shape index (κ1) is 24.5. The molecule has 176 valence electrons. The van der Waals surface area contributed by atoms with Gasteiger partial charge in [0.2, 0.25) is 5.91 Å². The van der Waals surface area contributed by atoms with E-state index in [1.165, 1.54) is 0 Å². The molecule has 3 aromatic rings. The van der Waals surface area contributed by atoms with Crippen molar-refractivity contribution in [2.75, 3.05) is 17.2 Å². The normalized spacial score (nSPS) is 11.4. The summed E-state index contributed by atoms with van der Waals surface area (Å²) in [6.07, 6.45) is 0. The Kier molecular flexibility index (Phi) is 8.40. The molecule has 0 radical (unpaired) electrons. The first-order chi connectivity index (χ1) is 16.4. The number of anilines is 2. The van der Waals surface area contributed by atoms with Crippen LogP contribution in [0.4, 0.5) is 11.4 Å². The van der Waals surface area contributed by atoms with E-state index in [0.717, 1.165) is 0 Å². The minimum atomic E-state index is -0.781. The standard InChI is InChI=1S/C27H29N3O4/c1-4-34-21-16-14-20(15-17-21)26(32)30-24(18(2)3)27(33)29-23-13-9-8-12-22(23)28-25(31)19-10-6-5-7-11-19/h5-18,24H,4H2,1-3H3,(H,28,31)(H,29,33)(H,30,32). The Bertz CT molecular complexity index is 1130.